The lowest BCUT2D eigenvalue weighted by atomic mass is 9.96. The number of aliphatic hydroxyl groups excluding tert-OH is 1. The Bertz CT molecular complexity index is 2650. The number of amides is 2. The van der Waals surface area contributed by atoms with Gasteiger partial charge in [-0.05, 0) is 127 Å². The highest BCUT2D eigenvalue weighted by Crippen LogP contribution is 2.31. The van der Waals surface area contributed by atoms with E-state index in [1.54, 1.807) is 96.1 Å². The monoisotopic (exact) mass is 1220 g/mol. The van der Waals surface area contributed by atoms with Gasteiger partial charge in [0.2, 0.25) is 0 Å². The van der Waals surface area contributed by atoms with E-state index in [4.69, 9.17) is 37.9 Å². The first-order valence-corrected chi connectivity index (χ1v) is 29.7. The molecule has 0 radical (unpaired) electrons. The fraction of sp³-hybridized carbons (Fsp3) is 0.582. The molecule has 6 rings (SSSR count). The van der Waals surface area contributed by atoms with Crippen LogP contribution in [0.2, 0.25) is 0 Å². The van der Waals surface area contributed by atoms with Crippen molar-refractivity contribution in [1.29, 1.82) is 0 Å². The number of benzene rings is 3. The van der Waals surface area contributed by atoms with Gasteiger partial charge in [-0.2, -0.15) is 0 Å². The molecule has 3 fully saturated rings. The molecule has 0 spiro atoms. The molecular formula is C67H99N3O17. The van der Waals surface area contributed by atoms with Crippen LogP contribution in [0.5, 0.6) is 0 Å². The predicted molar refractivity (Wildman–Crippen MR) is 329 cm³/mol. The van der Waals surface area contributed by atoms with Crippen molar-refractivity contribution >= 4 is 48.0 Å². The minimum absolute atomic E-state index is 0.0481. The third-order valence-electron chi connectivity index (χ3n) is 12.2. The summed E-state index contributed by atoms with van der Waals surface area (Å²) >= 11 is 0. The van der Waals surface area contributed by atoms with Crippen LogP contribution in [0.15, 0.2) is 103 Å². The van der Waals surface area contributed by atoms with Crippen LogP contribution >= 0.6 is 0 Å². The highest BCUT2D eigenvalue weighted by Gasteiger charge is 2.48. The standard InChI is InChI=1S/C22H31NO6.C17H23NO4.C15H27NO5.C11H12O2.C2H6/c1-21(2,3)28-19(25)17-13-23(20(26)29-22(4,5)6)12-16(17)18(24)27-14-15-10-8-7-9-11-15;1-17(2,3)22-16(20)14-10-18-9-13(14)15(19)21-11-12-7-5-4-6-8-12;1-14(2,3)20-12(18)11-8-16(7-10(11)9-17)13(19)21-15(4,5)6;1-2-6-11(12)13-9-10-7-4-3-5-8-10;1-2/h7-11,16-17H,12-14H2,1-6H3;4-8,13-14,18H,9-11H2,1-3H3;10-11,17H,7-9H2,1-6H3;2-8H,9H2,1H3;1-2H3/b;;;6-2+;/t16-,17-;13-,14-;10-,11+;;/m001../s1. The number of nitrogens with zero attached hydrogens (tertiary/aromatic N) is 2. The van der Waals surface area contributed by atoms with Crippen LogP contribution in [0.1, 0.15) is 141 Å². The Morgan fingerprint density at radius 1 is 0.437 bits per heavy atom. The number of allylic oxidation sites excluding steroid dienone is 1. The molecule has 3 aliphatic heterocycles. The van der Waals surface area contributed by atoms with Crippen LogP contribution in [-0.2, 0) is 86.5 Å². The van der Waals surface area contributed by atoms with Gasteiger partial charge in [0.1, 0.15) is 47.8 Å². The molecule has 0 aliphatic carbocycles. The van der Waals surface area contributed by atoms with Crippen LogP contribution in [0, 0.1) is 35.5 Å². The van der Waals surface area contributed by atoms with Crippen LogP contribution in [0.25, 0.3) is 0 Å². The van der Waals surface area contributed by atoms with Crippen molar-refractivity contribution in [3.8, 4) is 0 Å². The number of esters is 6. The van der Waals surface area contributed by atoms with Gasteiger partial charge < -0.3 is 58.1 Å². The maximum Gasteiger partial charge on any atom is 0.410 e. The Hall–Kier alpha value is -7.32. The fourth-order valence-electron chi connectivity index (χ4n) is 8.45. The molecule has 20 heteroatoms. The summed E-state index contributed by atoms with van der Waals surface area (Å²) in [5.41, 5.74) is -0.336. The summed E-state index contributed by atoms with van der Waals surface area (Å²) < 4.78 is 42.6. The molecule has 6 atom stereocenters. The molecule has 3 aliphatic rings. The van der Waals surface area contributed by atoms with E-state index in [-0.39, 0.29) is 69.3 Å². The van der Waals surface area contributed by atoms with E-state index in [0.29, 0.717) is 26.2 Å². The normalized spacial score (nSPS) is 19.1. The van der Waals surface area contributed by atoms with Crippen LogP contribution in [-0.4, -0.2) is 137 Å². The Kier molecular flexibility index (Phi) is 30.9. The van der Waals surface area contributed by atoms with E-state index >= 15 is 0 Å². The van der Waals surface area contributed by atoms with Crippen molar-refractivity contribution in [1.82, 2.24) is 15.1 Å². The van der Waals surface area contributed by atoms with Gasteiger partial charge in [-0.15, -0.1) is 0 Å². The summed E-state index contributed by atoms with van der Waals surface area (Å²) in [4.78, 5) is 100. The van der Waals surface area contributed by atoms with Gasteiger partial charge >= 0.3 is 48.0 Å². The minimum atomic E-state index is -0.805. The number of carbonyl (C=O) groups is 8. The maximum atomic E-state index is 12.7. The molecule has 3 saturated heterocycles. The molecule has 2 N–H and O–H groups in total. The van der Waals surface area contributed by atoms with E-state index in [0.717, 1.165) is 16.7 Å². The molecule has 0 saturated carbocycles. The highest BCUT2D eigenvalue weighted by molar-refractivity contribution is 5.86. The summed E-state index contributed by atoms with van der Waals surface area (Å²) in [6.07, 6.45) is 2.03. The molecule has 3 aromatic rings. The molecule has 3 heterocycles. The second kappa shape index (κ2) is 35.5. The molecule has 87 heavy (non-hydrogen) atoms. The first-order chi connectivity index (χ1) is 40.5. The van der Waals surface area contributed by atoms with Gasteiger partial charge in [0.05, 0.1) is 29.6 Å². The Morgan fingerprint density at radius 3 is 1.09 bits per heavy atom. The third kappa shape index (κ3) is 30.2. The quantitative estimate of drug-likeness (QED) is 0.0917. The average molecular weight is 1220 g/mol. The van der Waals surface area contributed by atoms with Crippen LogP contribution in [0.4, 0.5) is 9.59 Å². The molecule has 484 valence electrons. The largest absolute Gasteiger partial charge is 0.461 e. The maximum absolute atomic E-state index is 12.7. The molecule has 0 aromatic heterocycles. The number of hydrogen-bond donors (Lipinski definition) is 2. The zero-order valence-corrected chi connectivity index (χ0v) is 54.7. The average Bonchev–Trinajstić information content (AvgIpc) is 2.06. The first-order valence-electron chi connectivity index (χ1n) is 29.7. The minimum Gasteiger partial charge on any atom is -0.461 e. The lowest BCUT2D eigenvalue weighted by Crippen LogP contribution is -2.36. The lowest BCUT2D eigenvalue weighted by molar-refractivity contribution is -0.166. The third-order valence-corrected chi connectivity index (χ3v) is 12.2. The van der Waals surface area contributed by atoms with Crippen molar-refractivity contribution < 1.29 is 81.4 Å². The van der Waals surface area contributed by atoms with Gasteiger partial charge in [-0.1, -0.05) is 111 Å². The molecular weight excluding hydrogens is 1120 g/mol. The van der Waals surface area contributed by atoms with Crippen molar-refractivity contribution in [2.45, 2.75) is 172 Å². The Balaban J connectivity index is 0.000000404. The SMILES string of the molecule is C/C=C/C(=O)OCc1ccccc1.CC.CC(C)(C)OC(=O)[C@H]1CN(C(=O)OC(C)(C)C)C[C@@H]1C(=O)OCc1ccccc1.CC(C)(C)OC(=O)[C@H]1CN(C(=O)OC(C)(C)C)C[C@@H]1CO.CC(C)(C)OC(=O)[C@H]1CNC[C@@H]1C(=O)OCc1ccccc1. The summed E-state index contributed by atoms with van der Waals surface area (Å²) in [7, 11) is 0. The zero-order valence-electron chi connectivity index (χ0n) is 54.7. The van der Waals surface area contributed by atoms with Gasteiger partial charge in [-0.3, -0.25) is 24.0 Å². The topological polar surface area (TPSA) is 249 Å². The summed E-state index contributed by atoms with van der Waals surface area (Å²) in [6.45, 7) is 34.5. The van der Waals surface area contributed by atoms with E-state index < -0.39 is 81.7 Å². The van der Waals surface area contributed by atoms with E-state index in [1.165, 1.54) is 15.9 Å². The van der Waals surface area contributed by atoms with Gasteiger partial charge in [0, 0.05) is 57.9 Å². The number of ether oxygens (including phenoxy) is 8. The molecule has 0 unspecified atom stereocenters. The summed E-state index contributed by atoms with van der Waals surface area (Å²) in [5, 5.41) is 12.5. The zero-order chi connectivity index (χ0) is 65.9. The van der Waals surface area contributed by atoms with Gasteiger partial charge in [0.15, 0.2) is 0 Å². The van der Waals surface area contributed by atoms with E-state index in [1.807, 2.05) is 126 Å². The number of nitrogens with one attached hydrogen (secondary N) is 1. The van der Waals surface area contributed by atoms with Crippen molar-refractivity contribution in [3.05, 3.63) is 120 Å². The highest BCUT2D eigenvalue weighted by atomic mass is 16.6. The Morgan fingerprint density at radius 2 is 0.736 bits per heavy atom. The van der Waals surface area contributed by atoms with Crippen LogP contribution < -0.4 is 5.32 Å². The second-order valence-corrected chi connectivity index (χ2v) is 25.8. The molecule has 3 aromatic carbocycles. The summed E-state index contributed by atoms with van der Waals surface area (Å²) in [5.74, 6) is -5.84. The smallest absolute Gasteiger partial charge is 0.410 e. The van der Waals surface area contributed by atoms with E-state index in [9.17, 15) is 43.5 Å². The van der Waals surface area contributed by atoms with E-state index in [2.05, 4.69) is 5.32 Å². The van der Waals surface area contributed by atoms with Crippen LogP contribution in [0.3, 0.4) is 0 Å². The van der Waals surface area contributed by atoms with Gasteiger partial charge in [0.25, 0.3) is 0 Å². The number of rotatable bonds is 13. The number of likely N-dealkylation sites (tertiary alicyclic amines) is 2. The van der Waals surface area contributed by atoms with Crippen molar-refractivity contribution in [2.24, 2.45) is 35.5 Å². The van der Waals surface area contributed by atoms with Crippen molar-refractivity contribution in [3.63, 3.8) is 0 Å². The molecule has 0 bridgehead atoms. The lowest BCUT2D eigenvalue weighted by Gasteiger charge is -2.25. The fourth-order valence-corrected chi connectivity index (χ4v) is 8.45. The number of aliphatic hydroxyl groups is 1. The summed E-state index contributed by atoms with van der Waals surface area (Å²) in [6, 6.07) is 28.4. The second-order valence-electron chi connectivity index (χ2n) is 25.8. The van der Waals surface area contributed by atoms with Gasteiger partial charge in [-0.25, -0.2) is 14.4 Å². The van der Waals surface area contributed by atoms with Crippen molar-refractivity contribution in [2.75, 3.05) is 45.9 Å². The Labute approximate surface area is 516 Å². The first kappa shape index (κ1) is 75.8. The predicted octanol–water partition coefficient (Wildman–Crippen LogP) is 10.6. The number of hydrogen-bond acceptors (Lipinski definition) is 18. The number of carbonyl (C=O) groups excluding carboxylic acids is 8. The molecule has 2 amide bonds. The molecule has 20 nitrogen and oxygen atoms in total.